The fourth-order valence-electron chi connectivity index (χ4n) is 1.85. The molecule has 2 N–H and O–H groups in total. The van der Waals surface area contributed by atoms with Crippen molar-refractivity contribution in [3.63, 3.8) is 0 Å². The number of anilines is 1. The maximum absolute atomic E-state index is 5.95. The van der Waals surface area contributed by atoms with Crippen LogP contribution in [-0.4, -0.2) is 23.0 Å². The van der Waals surface area contributed by atoms with Crippen molar-refractivity contribution in [3.8, 4) is 0 Å². The van der Waals surface area contributed by atoms with E-state index < -0.39 is 0 Å². The number of hydrogen-bond acceptors (Lipinski definition) is 3. The fraction of sp³-hybridized carbons (Fsp3) is 0.667. The van der Waals surface area contributed by atoms with Crippen LogP contribution in [0.4, 0.5) is 5.82 Å². The second-order valence-electron chi connectivity index (χ2n) is 3.73. The molecule has 0 bridgehead atoms. The minimum Gasteiger partial charge on any atom is -0.383 e. The van der Waals surface area contributed by atoms with Crippen LogP contribution in [-0.2, 0) is 4.74 Å². The zero-order valence-corrected chi connectivity index (χ0v) is 10.3. The molecule has 1 fully saturated rings. The van der Waals surface area contributed by atoms with E-state index in [0.717, 1.165) is 29.0 Å². The standard InChI is InChI=1S/C9H14IN3O/c1-6-5-14-3-2-8(6)13-9(11)7(10)4-12-13/h4,6,8H,2-3,5,11H2,1H3. The number of rotatable bonds is 1. The molecule has 1 aliphatic rings. The number of nitrogens with zero attached hydrogens (tertiary/aromatic N) is 2. The molecule has 1 aliphatic heterocycles. The number of nitrogens with two attached hydrogens (primary N) is 1. The molecule has 78 valence electrons. The van der Waals surface area contributed by atoms with E-state index in [-0.39, 0.29) is 0 Å². The molecule has 0 amide bonds. The summed E-state index contributed by atoms with van der Waals surface area (Å²) >= 11 is 2.21. The van der Waals surface area contributed by atoms with Gasteiger partial charge in [-0.25, -0.2) is 4.68 Å². The van der Waals surface area contributed by atoms with E-state index in [1.807, 2.05) is 10.9 Å². The van der Waals surface area contributed by atoms with Crippen molar-refractivity contribution in [2.24, 2.45) is 5.92 Å². The highest BCUT2D eigenvalue weighted by Crippen LogP contribution is 2.29. The van der Waals surface area contributed by atoms with E-state index >= 15 is 0 Å². The molecular weight excluding hydrogens is 293 g/mol. The Morgan fingerprint density at radius 3 is 3.07 bits per heavy atom. The Labute approximate surface area is 96.9 Å². The first-order valence-corrected chi connectivity index (χ1v) is 5.84. The molecule has 0 spiro atoms. The minimum absolute atomic E-state index is 0.396. The molecule has 1 saturated heterocycles. The van der Waals surface area contributed by atoms with Crippen molar-refractivity contribution >= 4 is 28.4 Å². The Kier molecular flexibility index (Phi) is 2.96. The van der Waals surface area contributed by atoms with Gasteiger partial charge in [-0.2, -0.15) is 5.10 Å². The summed E-state index contributed by atoms with van der Waals surface area (Å²) in [6.07, 6.45) is 2.82. The molecule has 5 heteroatoms. The molecule has 4 nitrogen and oxygen atoms in total. The number of nitrogen functional groups attached to an aromatic ring is 1. The molecule has 0 radical (unpaired) electrons. The molecule has 0 saturated carbocycles. The van der Waals surface area contributed by atoms with Crippen LogP contribution in [0.3, 0.4) is 0 Å². The maximum Gasteiger partial charge on any atom is 0.135 e. The van der Waals surface area contributed by atoms with Crippen LogP contribution in [0.25, 0.3) is 0 Å². The Balaban J connectivity index is 2.24. The van der Waals surface area contributed by atoms with E-state index in [0.29, 0.717) is 12.0 Å². The van der Waals surface area contributed by atoms with Gasteiger partial charge in [0.2, 0.25) is 0 Å². The predicted molar refractivity (Wildman–Crippen MR) is 63.0 cm³/mol. The van der Waals surface area contributed by atoms with Gasteiger partial charge >= 0.3 is 0 Å². The van der Waals surface area contributed by atoms with Crippen LogP contribution in [0, 0.1) is 9.49 Å². The highest BCUT2D eigenvalue weighted by molar-refractivity contribution is 14.1. The second kappa shape index (κ2) is 4.06. The molecule has 2 heterocycles. The van der Waals surface area contributed by atoms with E-state index in [1.54, 1.807) is 0 Å². The minimum atomic E-state index is 0.396. The van der Waals surface area contributed by atoms with Crippen molar-refractivity contribution in [2.45, 2.75) is 19.4 Å². The number of ether oxygens (including phenoxy) is 1. The summed E-state index contributed by atoms with van der Waals surface area (Å²) in [6, 6.07) is 0.396. The van der Waals surface area contributed by atoms with Gasteiger partial charge in [0, 0.05) is 12.5 Å². The van der Waals surface area contributed by atoms with Crippen LogP contribution in [0.2, 0.25) is 0 Å². The Morgan fingerprint density at radius 1 is 1.71 bits per heavy atom. The summed E-state index contributed by atoms with van der Waals surface area (Å²) in [5.74, 6) is 1.27. The summed E-state index contributed by atoms with van der Waals surface area (Å²) in [6.45, 7) is 3.79. The summed E-state index contributed by atoms with van der Waals surface area (Å²) in [4.78, 5) is 0. The average Bonchev–Trinajstić information content (AvgIpc) is 2.49. The van der Waals surface area contributed by atoms with E-state index in [1.165, 1.54) is 0 Å². The average molecular weight is 307 g/mol. The van der Waals surface area contributed by atoms with Crippen LogP contribution in [0.5, 0.6) is 0 Å². The normalized spacial score (nSPS) is 27.9. The van der Waals surface area contributed by atoms with Gasteiger partial charge in [-0.1, -0.05) is 6.92 Å². The van der Waals surface area contributed by atoms with Gasteiger partial charge in [0.05, 0.1) is 22.4 Å². The number of hydrogen-bond donors (Lipinski definition) is 1. The van der Waals surface area contributed by atoms with Gasteiger partial charge in [0.1, 0.15) is 5.82 Å². The fourth-order valence-corrected chi connectivity index (χ4v) is 2.22. The summed E-state index contributed by atoms with van der Waals surface area (Å²) in [5, 5.41) is 4.32. The Bertz CT molecular complexity index is 326. The summed E-state index contributed by atoms with van der Waals surface area (Å²) in [5.41, 5.74) is 5.95. The smallest absolute Gasteiger partial charge is 0.135 e. The van der Waals surface area contributed by atoms with E-state index in [2.05, 4.69) is 34.6 Å². The third-order valence-corrected chi connectivity index (χ3v) is 3.53. The molecule has 1 aromatic heterocycles. The molecule has 2 unspecified atom stereocenters. The monoisotopic (exact) mass is 307 g/mol. The number of aromatic nitrogens is 2. The van der Waals surface area contributed by atoms with Gasteiger partial charge in [-0.3, -0.25) is 0 Å². The lowest BCUT2D eigenvalue weighted by Gasteiger charge is -2.29. The van der Waals surface area contributed by atoms with Gasteiger partial charge in [-0.05, 0) is 29.0 Å². The summed E-state index contributed by atoms with van der Waals surface area (Å²) < 4.78 is 8.36. The zero-order valence-electron chi connectivity index (χ0n) is 8.11. The van der Waals surface area contributed by atoms with Crippen LogP contribution < -0.4 is 5.73 Å². The molecular formula is C9H14IN3O. The molecule has 2 atom stereocenters. The quantitative estimate of drug-likeness (QED) is 0.803. The van der Waals surface area contributed by atoms with Gasteiger partial charge in [0.15, 0.2) is 0 Å². The van der Waals surface area contributed by atoms with Crippen molar-refractivity contribution in [1.29, 1.82) is 0 Å². The van der Waals surface area contributed by atoms with E-state index in [4.69, 9.17) is 10.5 Å². The first-order chi connectivity index (χ1) is 6.70. The predicted octanol–water partition coefficient (Wildman–Crippen LogP) is 1.67. The van der Waals surface area contributed by atoms with Crippen molar-refractivity contribution < 1.29 is 4.74 Å². The first kappa shape index (κ1) is 10.2. The lowest BCUT2D eigenvalue weighted by molar-refractivity contribution is 0.0257. The first-order valence-electron chi connectivity index (χ1n) is 4.76. The third-order valence-electron chi connectivity index (χ3n) is 2.70. The number of halogens is 1. The van der Waals surface area contributed by atoms with Gasteiger partial charge in [-0.15, -0.1) is 0 Å². The van der Waals surface area contributed by atoms with Crippen LogP contribution in [0.1, 0.15) is 19.4 Å². The maximum atomic E-state index is 5.95. The SMILES string of the molecule is CC1COCCC1n1ncc(I)c1N. The summed E-state index contributed by atoms with van der Waals surface area (Å²) in [7, 11) is 0. The third kappa shape index (κ3) is 1.75. The lowest BCUT2D eigenvalue weighted by Crippen LogP contribution is -2.29. The van der Waals surface area contributed by atoms with Crippen molar-refractivity contribution in [1.82, 2.24) is 9.78 Å². The van der Waals surface area contributed by atoms with E-state index in [9.17, 15) is 0 Å². The Morgan fingerprint density at radius 2 is 2.50 bits per heavy atom. The van der Waals surface area contributed by atoms with Crippen molar-refractivity contribution in [3.05, 3.63) is 9.77 Å². The molecule has 14 heavy (non-hydrogen) atoms. The van der Waals surface area contributed by atoms with Crippen molar-refractivity contribution in [2.75, 3.05) is 18.9 Å². The molecule has 0 aromatic carbocycles. The lowest BCUT2D eigenvalue weighted by atomic mass is 9.98. The highest BCUT2D eigenvalue weighted by atomic mass is 127. The van der Waals surface area contributed by atoms with Crippen LogP contribution >= 0.6 is 22.6 Å². The van der Waals surface area contributed by atoms with Gasteiger partial charge in [0.25, 0.3) is 0 Å². The largest absolute Gasteiger partial charge is 0.383 e. The molecule has 0 aliphatic carbocycles. The van der Waals surface area contributed by atoms with Gasteiger partial charge < -0.3 is 10.5 Å². The topological polar surface area (TPSA) is 53.1 Å². The second-order valence-corrected chi connectivity index (χ2v) is 4.89. The molecule has 1 aromatic rings. The van der Waals surface area contributed by atoms with Crippen LogP contribution in [0.15, 0.2) is 6.20 Å². The molecule has 2 rings (SSSR count). The zero-order chi connectivity index (χ0) is 10.1. The highest BCUT2D eigenvalue weighted by Gasteiger charge is 2.25. The Hall–Kier alpha value is -0.300.